The van der Waals surface area contributed by atoms with Gasteiger partial charge in [0.25, 0.3) is 0 Å². The number of benzene rings is 1. The zero-order chi connectivity index (χ0) is 14.6. The highest BCUT2D eigenvalue weighted by atomic mass is 35.5. The van der Waals surface area contributed by atoms with E-state index in [1.54, 1.807) is 24.3 Å². The van der Waals surface area contributed by atoms with Crippen LogP contribution in [0.4, 0.5) is 0 Å². The highest BCUT2D eigenvalue weighted by molar-refractivity contribution is 7.89. The normalized spacial score (nSPS) is 13.1. The molecule has 106 valence electrons. The molecule has 2 N–H and O–H groups in total. The van der Waals surface area contributed by atoms with Gasteiger partial charge in [-0.05, 0) is 17.7 Å². The van der Waals surface area contributed by atoms with Crippen LogP contribution in [-0.2, 0) is 10.0 Å². The summed E-state index contributed by atoms with van der Waals surface area (Å²) in [5, 5.41) is 9.28. The minimum atomic E-state index is -3.85. The lowest BCUT2D eigenvalue weighted by atomic mass is 10.1. The van der Waals surface area contributed by atoms with Gasteiger partial charge in [-0.3, -0.25) is 0 Å². The summed E-state index contributed by atoms with van der Waals surface area (Å²) in [4.78, 5) is 3.62. The Morgan fingerprint density at radius 1 is 1.20 bits per heavy atom. The van der Waals surface area contributed by atoms with Gasteiger partial charge in [0.15, 0.2) is 0 Å². The zero-order valence-corrected chi connectivity index (χ0v) is 12.0. The molecule has 1 heterocycles. The minimum Gasteiger partial charge on any atom is -0.394 e. The summed E-state index contributed by atoms with van der Waals surface area (Å²) >= 11 is 5.79. The van der Waals surface area contributed by atoms with E-state index in [0.29, 0.717) is 5.56 Å². The van der Waals surface area contributed by atoms with Gasteiger partial charge in [-0.25, -0.2) is 18.1 Å². The summed E-state index contributed by atoms with van der Waals surface area (Å²) in [6.45, 7) is -0.360. The van der Waals surface area contributed by atoms with Crippen LogP contribution in [-0.4, -0.2) is 25.1 Å². The summed E-state index contributed by atoms with van der Waals surface area (Å²) in [5.41, 5.74) is 0.665. The van der Waals surface area contributed by atoms with Crippen molar-refractivity contribution in [2.24, 2.45) is 0 Å². The van der Waals surface area contributed by atoms with Crippen molar-refractivity contribution in [2.75, 3.05) is 6.61 Å². The van der Waals surface area contributed by atoms with E-state index in [0.717, 1.165) is 0 Å². The highest BCUT2D eigenvalue weighted by Gasteiger charge is 2.23. The second-order valence-corrected chi connectivity index (χ2v) is 6.10. The molecule has 0 bridgehead atoms. The molecule has 2 rings (SSSR count). The SMILES string of the molecule is O=S(=O)(NC(CO)c1ccccc1)c1cccnc1Cl. The van der Waals surface area contributed by atoms with E-state index < -0.39 is 16.1 Å². The standard InChI is InChI=1S/C13H13ClN2O3S/c14-13-12(7-4-8-15-13)20(18,19)16-11(9-17)10-5-2-1-3-6-10/h1-8,11,16-17H,9H2. The lowest BCUT2D eigenvalue weighted by Gasteiger charge is -2.17. The van der Waals surface area contributed by atoms with Crippen LogP contribution in [0.25, 0.3) is 0 Å². The molecule has 7 heteroatoms. The van der Waals surface area contributed by atoms with Crippen LogP contribution in [0, 0.1) is 0 Å². The van der Waals surface area contributed by atoms with Crippen LogP contribution in [0.5, 0.6) is 0 Å². The first kappa shape index (κ1) is 14.9. The summed E-state index contributed by atoms with van der Waals surface area (Å²) in [5.74, 6) is 0. The molecule has 0 aliphatic rings. The summed E-state index contributed by atoms with van der Waals surface area (Å²) in [6.07, 6.45) is 1.40. The molecule has 0 amide bonds. The highest BCUT2D eigenvalue weighted by Crippen LogP contribution is 2.21. The molecule has 1 atom stereocenters. The zero-order valence-electron chi connectivity index (χ0n) is 10.4. The van der Waals surface area contributed by atoms with Gasteiger partial charge in [-0.2, -0.15) is 0 Å². The molecule has 0 spiro atoms. The van der Waals surface area contributed by atoms with Gasteiger partial charge in [-0.15, -0.1) is 0 Å². The van der Waals surface area contributed by atoms with E-state index in [1.165, 1.54) is 18.3 Å². The number of aliphatic hydroxyl groups excluding tert-OH is 1. The van der Waals surface area contributed by atoms with E-state index in [-0.39, 0.29) is 16.7 Å². The number of hydrogen-bond donors (Lipinski definition) is 2. The van der Waals surface area contributed by atoms with Crippen LogP contribution in [0.1, 0.15) is 11.6 Å². The van der Waals surface area contributed by atoms with Crippen molar-refractivity contribution < 1.29 is 13.5 Å². The number of pyridine rings is 1. The molecule has 0 aliphatic carbocycles. The fourth-order valence-electron chi connectivity index (χ4n) is 1.72. The van der Waals surface area contributed by atoms with Gasteiger partial charge >= 0.3 is 0 Å². The lowest BCUT2D eigenvalue weighted by Crippen LogP contribution is -2.31. The van der Waals surface area contributed by atoms with E-state index in [4.69, 9.17) is 11.6 Å². The molecular weight excluding hydrogens is 300 g/mol. The van der Waals surface area contributed by atoms with Crippen molar-refractivity contribution in [2.45, 2.75) is 10.9 Å². The lowest BCUT2D eigenvalue weighted by molar-refractivity contribution is 0.259. The maximum Gasteiger partial charge on any atom is 0.244 e. The minimum absolute atomic E-state index is 0.107. The molecule has 0 saturated carbocycles. The van der Waals surface area contributed by atoms with Crippen LogP contribution < -0.4 is 4.72 Å². The number of aromatic nitrogens is 1. The van der Waals surface area contributed by atoms with Gasteiger partial charge in [0.2, 0.25) is 10.0 Å². The molecule has 20 heavy (non-hydrogen) atoms. The third kappa shape index (κ3) is 3.34. The van der Waals surface area contributed by atoms with Gasteiger partial charge < -0.3 is 5.11 Å². The molecule has 0 aliphatic heterocycles. The predicted octanol–water partition coefficient (Wildman–Crippen LogP) is 1.75. The number of nitrogens with zero attached hydrogens (tertiary/aromatic N) is 1. The number of rotatable bonds is 5. The molecule has 0 fully saturated rings. The Labute approximate surface area is 122 Å². The Balaban J connectivity index is 2.30. The second-order valence-electron chi connectivity index (χ2n) is 4.06. The largest absolute Gasteiger partial charge is 0.394 e. The van der Waals surface area contributed by atoms with Crippen molar-refractivity contribution in [1.82, 2.24) is 9.71 Å². The third-order valence-electron chi connectivity index (χ3n) is 2.70. The van der Waals surface area contributed by atoms with E-state index >= 15 is 0 Å². The molecule has 1 aromatic heterocycles. The number of hydrogen-bond acceptors (Lipinski definition) is 4. The average Bonchev–Trinajstić information content (AvgIpc) is 2.46. The summed E-state index contributed by atoms with van der Waals surface area (Å²) < 4.78 is 26.9. The Kier molecular flexibility index (Phi) is 4.72. The quantitative estimate of drug-likeness (QED) is 0.824. The van der Waals surface area contributed by atoms with Crippen LogP contribution in [0.2, 0.25) is 5.15 Å². The fraction of sp³-hybridized carbons (Fsp3) is 0.154. The van der Waals surface area contributed by atoms with Crippen LogP contribution in [0.3, 0.4) is 0 Å². The summed E-state index contributed by atoms with van der Waals surface area (Å²) in [6, 6.07) is 10.9. The van der Waals surface area contributed by atoms with E-state index in [2.05, 4.69) is 9.71 Å². The Morgan fingerprint density at radius 3 is 2.50 bits per heavy atom. The number of nitrogens with one attached hydrogen (secondary N) is 1. The molecule has 1 aromatic carbocycles. The fourth-order valence-corrected chi connectivity index (χ4v) is 3.39. The van der Waals surface area contributed by atoms with Crippen LogP contribution in [0.15, 0.2) is 53.6 Å². The monoisotopic (exact) mass is 312 g/mol. The van der Waals surface area contributed by atoms with Crippen molar-refractivity contribution in [3.63, 3.8) is 0 Å². The van der Waals surface area contributed by atoms with Crippen molar-refractivity contribution in [3.05, 3.63) is 59.4 Å². The second kappa shape index (κ2) is 6.32. The molecule has 0 radical (unpaired) electrons. The maximum absolute atomic E-state index is 12.2. The van der Waals surface area contributed by atoms with Gasteiger partial charge in [0.1, 0.15) is 10.0 Å². The van der Waals surface area contributed by atoms with Crippen molar-refractivity contribution in [3.8, 4) is 0 Å². The number of halogens is 1. The molecular formula is C13H13ClN2O3S. The number of sulfonamides is 1. The average molecular weight is 313 g/mol. The van der Waals surface area contributed by atoms with Crippen molar-refractivity contribution in [1.29, 1.82) is 0 Å². The van der Waals surface area contributed by atoms with Gasteiger partial charge in [0, 0.05) is 6.20 Å². The first-order chi connectivity index (χ1) is 9.54. The Morgan fingerprint density at radius 2 is 1.90 bits per heavy atom. The first-order valence-electron chi connectivity index (χ1n) is 5.83. The van der Waals surface area contributed by atoms with Gasteiger partial charge in [-0.1, -0.05) is 41.9 Å². The third-order valence-corrected chi connectivity index (χ3v) is 4.61. The smallest absolute Gasteiger partial charge is 0.244 e. The maximum atomic E-state index is 12.2. The van der Waals surface area contributed by atoms with Crippen molar-refractivity contribution >= 4 is 21.6 Å². The molecule has 5 nitrogen and oxygen atoms in total. The molecule has 1 unspecified atom stereocenters. The van der Waals surface area contributed by atoms with E-state index in [9.17, 15) is 13.5 Å². The molecule has 0 saturated heterocycles. The first-order valence-corrected chi connectivity index (χ1v) is 7.69. The Hall–Kier alpha value is -1.47. The Bertz CT molecular complexity index is 677. The predicted molar refractivity (Wildman–Crippen MR) is 75.8 cm³/mol. The summed E-state index contributed by atoms with van der Waals surface area (Å²) in [7, 11) is -3.85. The molecule has 2 aromatic rings. The van der Waals surface area contributed by atoms with Crippen LogP contribution >= 0.6 is 11.6 Å². The van der Waals surface area contributed by atoms with Gasteiger partial charge in [0.05, 0.1) is 12.6 Å². The topological polar surface area (TPSA) is 79.3 Å². The number of aliphatic hydroxyl groups is 1. The van der Waals surface area contributed by atoms with E-state index in [1.807, 2.05) is 6.07 Å².